The molecule has 8 heteroatoms. The molecule has 0 unspecified atom stereocenters. The molecule has 0 radical (unpaired) electrons. The van der Waals surface area contributed by atoms with Crippen LogP contribution in [0.4, 0.5) is 17.1 Å². The van der Waals surface area contributed by atoms with E-state index in [2.05, 4.69) is 47.0 Å². The molecule has 0 aliphatic carbocycles. The summed E-state index contributed by atoms with van der Waals surface area (Å²) in [5, 5.41) is 21.6. The van der Waals surface area contributed by atoms with Crippen LogP contribution in [-0.2, 0) is 0 Å². The Kier molecular flexibility index (Phi) is 4.97. The van der Waals surface area contributed by atoms with Crippen molar-refractivity contribution in [3.63, 3.8) is 0 Å². The van der Waals surface area contributed by atoms with E-state index < -0.39 is 0 Å². The summed E-state index contributed by atoms with van der Waals surface area (Å²) in [6, 6.07) is 20.9. The SMILES string of the molecule is O=C(Nc1cccc(Nc2ccc3c(-c4cn[nH]c4)n[nH]c3c2)c1)c1cccc(Br)c1. The number of halogens is 1. The van der Waals surface area contributed by atoms with Gasteiger partial charge in [0.15, 0.2) is 0 Å². The van der Waals surface area contributed by atoms with E-state index in [0.29, 0.717) is 11.3 Å². The lowest BCUT2D eigenvalue weighted by atomic mass is 10.1. The number of aromatic nitrogens is 4. The maximum Gasteiger partial charge on any atom is 0.255 e. The van der Waals surface area contributed by atoms with E-state index in [1.165, 1.54) is 0 Å². The van der Waals surface area contributed by atoms with Gasteiger partial charge in [-0.15, -0.1) is 0 Å². The van der Waals surface area contributed by atoms with Crippen molar-refractivity contribution >= 4 is 49.8 Å². The Balaban J connectivity index is 1.34. The molecular formula is C23H17BrN6O. The number of nitrogens with zero attached hydrogens (tertiary/aromatic N) is 2. The Morgan fingerprint density at radius 2 is 1.77 bits per heavy atom. The minimum Gasteiger partial charge on any atom is -0.355 e. The predicted molar refractivity (Wildman–Crippen MR) is 125 cm³/mol. The number of hydrogen-bond acceptors (Lipinski definition) is 4. The summed E-state index contributed by atoms with van der Waals surface area (Å²) >= 11 is 3.39. The lowest BCUT2D eigenvalue weighted by Crippen LogP contribution is -2.11. The van der Waals surface area contributed by atoms with Crippen molar-refractivity contribution in [2.45, 2.75) is 0 Å². The number of anilines is 3. The highest BCUT2D eigenvalue weighted by Crippen LogP contribution is 2.29. The first-order valence-electron chi connectivity index (χ1n) is 9.57. The second-order valence-corrected chi connectivity index (χ2v) is 7.91. The molecule has 31 heavy (non-hydrogen) atoms. The lowest BCUT2D eigenvalue weighted by molar-refractivity contribution is 0.102. The van der Waals surface area contributed by atoms with Gasteiger partial charge in [0, 0.05) is 44.2 Å². The number of fused-ring (bicyclic) bond motifs is 1. The molecule has 0 atom stereocenters. The predicted octanol–water partition coefficient (Wildman–Crippen LogP) is 5.71. The summed E-state index contributed by atoms with van der Waals surface area (Å²) < 4.78 is 0.862. The molecule has 2 aromatic heterocycles. The number of carbonyl (C=O) groups is 1. The smallest absolute Gasteiger partial charge is 0.255 e. The number of nitrogens with one attached hydrogen (secondary N) is 4. The molecule has 5 aromatic rings. The Morgan fingerprint density at radius 3 is 2.61 bits per heavy atom. The van der Waals surface area contributed by atoms with Gasteiger partial charge >= 0.3 is 0 Å². The molecule has 1 amide bonds. The van der Waals surface area contributed by atoms with Crippen molar-refractivity contribution < 1.29 is 4.79 Å². The third kappa shape index (κ3) is 4.06. The number of aromatic amines is 2. The highest BCUT2D eigenvalue weighted by atomic mass is 79.9. The quantitative estimate of drug-likeness (QED) is 0.263. The fourth-order valence-corrected chi connectivity index (χ4v) is 3.77. The molecule has 0 saturated heterocycles. The second-order valence-electron chi connectivity index (χ2n) is 6.99. The van der Waals surface area contributed by atoms with E-state index in [9.17, 15) is 4.79 Å². The molecule has 0 aliphatic heterocycles. The van der Waals surface area contributed by atoms with Gasteiger partial charge in [-0.2, -0.15) is 10.2 Å². The van der Waals surface area contributed by atoms with Crippen LogP contribution < -0.4 is 10.6 Å². The summed E-state index contributed by atoms with van der Waals surface area (Å²) in [7, 11) is 0. The first-order valence-corrected chi connectivity index (χ1v) is 10.4. The first kappa shape index (κ1) is 19.1. The molecule has 152 valence electrons. The van der Waals surface area contributed by atoms with Gasteiger partial charge < -0.3 is 10.6 Å². The highest BCUT2D eigenvalue weighted by molar-refractivity contribution is 9.10. The van der Waals surface area contributed by atoms with Crippen molar-refractivity contribution in [2.24, 2.45) is 0 Å². The molecule has 0 aliphatic rings. The van der Waals surface area contributed by atoms with Crippen LogP contribution in [0.2, 0.25) is 0 Å². The third-order valence-corrected chi connectivity index (χ3v) is 5.32. The second kappa shape index (κ2) is 8.08. The maximum atomic E-state index is 12.5. The number of benzene rings is 3. The van der Waals surface area contributed by atoms with Gasteiger partial charge in [0.2, 0.25) is 0 Å². The normalized spacial score (nSPS) is 10.9. The van der Waals surface area contributed by atoms with Crippen molar-refractivity contribution in [3.8, 4) is 11.3 Å². The topological polar surface area (TPSA) is 98.5 Å². The minimum absolute atomic E-state index is 0.163. The zero-order valence-electron chi connectivity index (χ0n) is 16.2. The zero-order valence-corrected chi connectivity index (χ0v) is 17.8. The van der Waals surface area contributed by atoms with Gasteiger partial charge in [0.25, 0.3) is 5.91 Å². The molecule has 0 spiro atoms. The molecule has 0 bridgehead atoms. The van der Waals surface area contributed by atoms with Crippen molar-refractivity contribution in [2.75, 3.05) is 10.6 Å². The number of amides is 1. The average molecular weight is 473 g/mol. The van der Waals surface area contributed by atoms with Crippen LogP contribution in [0.3, 0.4) is 0 Å². The van der Waals surface area contributed by atoms with E-state index in [0.717, 1.165) is 38.0 Å². The molecule has 2 heterocycles. The van der Waals surface area contributed by atoms with Crippen LogP contribution in [0.5, 0.6) is 0 Å². The minimum atomic E-state index is -0.163. The number of hydrogen-bond donors (Lipinski definition) is 4. The molecular weight excluding hydrogens is 456 g/mol. The Labute approximate surface area is 186 Å². The number of carbonyl (C=O) groups excluding carboxylic acids is 1. The van der Waals surface area contributed by atoms with Gasteiger partial charge in [-0.05, 0) is 54.6 Å². The fraction of sp³-hybridized carbons (Fsp3) is 0. The summed E-state index contributed by atoms with van der Waals surface area (Å²) in [5.41, 5.74) is 5.77. The van der Waals surface area contributed by atoms with Crippen LogP contribution in [0, 0.1) is 0 Å². The van der Waals surface area contributed by atoms with Crippen LogP contribution in [0.15, 0.2) is 83.6 Å². The summed E-state index contributed by atoms with van der Waals surface area (Å²) in [6.07, 6.45) is 3.56. The Morgan fingerprint density at radius 1 is 0.935 bits per heavy atom. The fourth-order valence-electron chi connectivity index (χ4n) is 3.37. The van der Waals surface area contributed by atoms with Crippen molar-refractivity contribution in [1.29, 1.82) is 0 Å². The van der Waals surface area contributed by atoms with Crippen LogP contribution in [0.1, 0.15) is 10.4 Å². The van der Waals surface area contributed by atoms with Gasteiger partial charge in [0.05, 0.1) is 11.7 Å². The van der Waals surface area contributed by atoms with E-state index in [1.807, 2.05) is 60.8 Å². The van der Waals surface area contributed by atoms with Crippen LogP contribution >= 0.6 is 15.9 Å². The lowest BCUT2D eigenvalue weighted by Gasteiger charge is -2.10. The highest BCUT2D eigenvalue weighted by Gasteiger charge is 2.10. The number of rotatable bonds is 5. The molecule has 4 N–H and O–H groups in total. The van der Waals surface area contributed by atoms with Crippen LogP contribution in [-0.4, -0.2) is 26.3 Å². The Hall–Kier alpha value is -3.91. The van der Waals surface area contributed by atoms with Gasteiger partial charge in [0.1, 0.15) is 5.69 Å². The number of H-pyrrole nitrogens is 2. The van der Waals surface area contributed by atoms with E-state index in [4.69, 9.17) is 0 Å². The molecule has 5 rings (SSSR count). The van der Waals surface area contributed by atoms with Crippen molar-refractivity contribution in [3.05, 3.63) is 89.2 Å². The molecule has 0 fully saturated rings. The Bertz CT molecular complexity index is 1380. The largest absolute Gasteiger partial charge is 0.355 e. The van der Waals surface area contributed by atoms with Gasteiger partial charge in [-0.3, -0.25) is 15.0 Å². The molecule has 7 nitrogen and oxygen atoms in total. The van der Waals surface area contributed by atoms with Gasteiger partial charge in [-0.1, -0.05) is 28.1 Å². The standard InChI is InChI=1S/C23H17BrN6O/c24-16-4-1-3-14(9-16)23(31)28-18-6-2-5-17(10-18)27-19-7-8-20-21(11-19)29-30-22(20)15-12-25-26-13-15/h1-13,27H,(H,25,26)(H,28,31)(H,29,30). The molecule has 3 aromatic carbocycles. The van der Waals surface area contributed by atoms with E-state index in [1.54, 1.807) is 18.3 Å². The monoisotopic (exact) mass is 472 g/mol. The van der Waals surface area contributed by atoms with E-state index in [-0.39, 0.29) is 5.91 Å². The zero-order chi connectivity index (χ0) is 21.2. The third-order valence-electron chi connectivity index (χ3n) is 4.83. The van der Waals surface area contributed by atoms with Crippen molar-refractivity contribution in [1.82, 2.24) is 20.4 Å². The maximum absolute atomic E-state index is 12.5. The van der Waals surface area contributed by atoms with E-state index >= 15 is 0 Å². The summed E-state index contributed by atoms with van der Waals surface area (Å²) in [6.45, 7) is 0. The van der Waals surface area contributed by atoms with Crippen LogP contribution in [0.25, 0.3) is 22.2 Å². The summed E-state index contributed by atoms with van der Waals surface area (Å²) in [4.78, 5) is 12.5. The van der Waals surface area contributed by atoms with Gasteiger partial charge in [-0.25, -0.2) is 0 Å². The average Bonchev–Trinajstić information content (AvgIpc) is 3.43. The summed E-state index contributed by atoms with van der Waals surface area (Å²) in [5.74, 6) is -0.163. The first-order chi connectivity index (χ1) is 15.2. The molecule has 0 saturated carbocycles.